The molecule has 0 unspecified atom stereocenters. The van der Waals surface area contributed by atoms with Crippen LogP contribution in [0.2, 0.25) is 0 Å². The Hall–Kier alpha value is -7.24. The molecule has 2 aliphatic heterocycles. The number of rotatable bonds is 3. The van der Waals surface area contributed by atoms with E-state index in [2.05, 4.69) is 236 Å². The highest BCUT2D eigenvalue weighted by atomic mass is 15.2. The van der Waals surface area contributed by atoms with Gasteiger partial charge in [-0.1, -0.05) is 157 Å². The molecule has 302 valence electrons. The Morgan fingerprint density at radius 1 is 0.413 bits per heavy atom. The third-order valence-corrected chi connectivity index (χ3v) is 14.1. The average Bonchev–Trinajstić information content (AvgIpc) is 3.94. The summed E-state index contributed by atoms with van der Waals surface area (Å²) in [6, 6.07) is 66.2. The number of hydrogen-bond donors (Lipinski definition) is 0. The minimum atomic E-state index is -0.140. The van der Waals surface area contributed by atoms with Gasteiger partial charge < -0.3 is 18.5 Å². The fraction of sp³-hybridized carbons (Fsp3) is 0.138. The quantitative estimate of drug-likeness (QED) is 0.163. The summed E-state index contributed by atoms with van der Waals surface area (Å²) in [4.78, 5) is 2.61. The zero-order valence-corrected chi connectivity index (χ0v) is 36.6. The molecule has 0 fully saturated rings. The lowest BCUT2D eigenvalue weighted by Crippen LogP contribution is -2.58. The summed E-state index contributed by atoms with van der Waals surface area (Å²) in [7, 11) is 0. The van der Waals surface area contributed by atoms with Crippen molar-refractivity contribution < 1.29 is 0 Å². The zero-order valence-electron chi connectivity index (χ0n) is 36.6. The Balaban J connectivity index is 1.25. The number of aromatic nitrogens is 3. The molecular formula is C58H47BN4. The molecule has 0 spiro atoms. The fourth-order valence-corrected chi connectivity index (χ4v) is 11.2. The van der Waals surface area contributed by atoms with Gasteiger partial charge in [0.1, 0.15) is 0 Å². The first-order chi connectivity index (χ1) is 30.6. The number of fused-ring (bicyclic) bond motifs is 13. The SMILES string of the molecule is CC(C)(C)c1ccc(N2c3cc(C(C)(C)C)cc4c3B(c3c2c2ccccc2n3-c2ccccc2)n2c3ccc5c6ccccc6n(-c6ccccc6)c5c3c3cccc-4c32)cc1. The van der Waals surface area contributed by atoms with Crippen LogP contribution in [0.15, 0.2) is 176 Å². The monoisotopic (exact) mass is 810 g/mol. The molecule has 2 aliphatic rings. The van der Waals surface area contributed by atoms with Crippen LogP contribution in [-0.2, 0) is 10.8 Å². The van der Waals surface area contributed by atoms with Crippen LogP contribution < -0.4 is 16.0 Å². The van der Waals surface area contributed by atoms with Crippen molar-refractivity contribution in [1.82, 2.24) is 13.6 Å². The highest BCUT2D eigenvalue weighted by Crippen LogP contribution is 2.51. The van der Waals surface area contributed by atoms with Crippen molar-refractivity contribution in [1.29, 1.82) is 0 Å². The number of benzene rings is 8. The molecule has 0 N–H and O–H groups in total. The lowest BCUT2D eigenvalue weighted by molar-refractivity contribution is 0.590. The summed E-state index contributed by atoms with van der Waals surface area (Å²) in [5, 5.41) is 6.35. The van der Waals surface area contributed by atoms with Gasteiger partial charge in [-0.3, -0.25) is 0 Å². The molecule has 0 saturated heterocycles. The van der Waals surface area contributed by atoms with Gasteiger partial charge in [0.2, 0.25) is 0 Å². The van der Waals surface area contributed by atoms with Crippen molar-refractivity contribution in [3.63, 3.8) is 0 Å². The van der Waals surface area contributed by atoms with Gasteiger partial charge in [0, 0.05) is 71.9 Å². The van der Waals surface area contributed by atoms with Gasteiger partial charge >= 0.3 is 6.85 Å². The third-order valence-electron chi connectivity index (χ3n) is 14.1. The predicted octanol–water partition coefficient (Wildman–Crippen LogP) is 13.8. The van der Waals surface area contributed by atoms with E-state index in [0.29, 0.717) is 0 Å². The van der Waals surface area contributed by atoms with Crippen LogP contribution in [0, 0.1) is 0 Å². The summed E-state index contributed by atoms with van der Waals surface area (Å²) < 4.78 is 7.81. The molecule has 5 heteroatoms. The smallest absolute Gasteiger partial charge is 0.351 e. The fourth-order valence-electron chi connectivity index (χ4n) is 11.2. The second kappa shape index (κ2) is 12.7. The lowest BCUT2D eigenvalue weighted by atomic mass is 9.46. The van der Waals surface area contributed by atoms with E-state index in [4.69, 9.17) is 0 Å². The second-order valence-corrected chi connectivity index (χ2v) is 19.8. The van der Waals surface area contributed by atoms with E-state index in [1.54, 1.807) is 0 Å². The Bertz CT molecular complexity index is 3690. The van der Waals surface area contributed by atoms with Gasteiger partial charge in [0.15, 0.2) is 0 Å². The van der Waals surface area contributed by atoms with Crippen LogP contribution in [0.5, 0.6) is 0 Å². The molecule has 0 aliphatic carbocycles. The molecule has 11 aromatic rings. The van der Waals surface area contributed by atoms with E-state index in [9.17, 15) is 0 Å². The van der Waals surface area contributed by atoms with E-state index < -0.39 is 0 Å². The first-order valence-electron chi connectivity index (χ1n) is 22.4. The molecule has 8 aromatic carbocycles. The van der Waals surface area contributed by atoms with Crippen molar-refractivity contribution in [2.45, 2.75) is 52.4 Å². The first-order valence-corrected chi connectivity index (χ1v) is 22.4. The normalized spacial score (nSPS) is 13.5. The minimum absolute atomic E-state index is 0.0353. The van der Waals surface area contributed by atoms with E-state index in [1.165, 1.54) is 111 Å². The molecule has 13 rings (SSSR count). The number of hydrogen-bond acceptors (Lipinski definition) is 1. The van der Waals surface area contributed by atoms with Crippen molar-refractivity contribution in [2.24, 2.45) is 0 Å². The summed E-state index contributed by atoms with van der Waals surface area (Å²) in [6.07, 6.45) is 0. The maximum Gasteiger partial charge on any atom is 0.351 e. The first kappa shape index (κ1) is 36.4. The van der Waals surface area contributed by atoms with Gasteiger partial charge in [-0.25, -0.2) is 0 Å². The Kier molecular flexibility index (Phi) is 7.33. The van der Waals surface area contributed by atoms with Crippen LogP contribution >= 0.6 is 0 Å². The maximum absolute atomic E-state index is 2.73. The molecule has 0 amide bonds. The standard InChI is InChI=1S/C58H47BN4/c1-57(2,3)36-28-30-40(31-29-36)61-50-35-37(58(4,5)6)34-46-42-24-17-25-45-51-49(33-32-43-41-22-13-15-26-47(41)60(54(43)51)38-18-9-7-10-19-38)63(53(42)45)59(52(46)50)56-55(61)44-23-14-16-27-48(44)62(56)39-20-11-8-12-21-39/h7-35H,1-6H3. The largest absolute Gasteiger partial charge is 0.374 e. The van der Waals surface area contributed by atoms with Crippen LogP contribution in [-0.4, -0.2) is 20.5 Å². The molecule has 63 heavy (non-hydrogen) atoms. The highest BCUT2D eigenvalue weighted by molar-refractivity contribution is 6.90. The molecule has 4 nitrogen and oxygen atoms in total. The van der Waals surface area contributed by atoms with E-state index in [0.717, 1.165) is 5.69 Å². The molecule has 3 aromatic heterocycles. The number of anilines is 3. The maximum atomic E-state index is 2.73. The Labute approximate surface area is 368 Å². The lowest BCUT2D eigenvalue weighted by Gasteiger charge is -2.41. The summed E-state index contributed by atoms with van der Waals surface area (Å²) in [6.45, 7) is 13.8. The van der Waals surface area contributed by atoms with Gasteiger partial charge in [-0.15, -0.1) is 0 Å². The van der Waals surface area contributed by atoms with Crippen molar-refractivity contribution in [2.75, 3.05) is 4.90 Å². The summed E-state index contributed by atoms with van der Waals surface area (Å²) >= 11 is 0. The summed E-state index contributed by atoms with van der Waals surface area (Å²) in [5.41, 5.74) is 20.0. The number of nitrogens with zero attached hydrogens (tertiary/aromatic N) is 4. The third kappa shape index (κ3) is 4.94. The minimum Gasteiger partial charge on any atom is -0.374 e. The van der Waals surface area contributed by atoms with Crippen LogP contribution in [0.1, 0.15) is 52.7 Å². The summed E-state index contributed by atoms with van der Waals surface area (Å²) in [5.74, 6) is 0. The van der Waals surface area contributed by atoms with Crippen molar-refractivity contribution in [3.05, 3.63) is 187 Å². The van der Waals surface area contributed by atoms with E-state index in [1.807, 2.05) is 0 Å². The second-order valence-electron chi connectivity index (χ2n) is 19.8. The molecule has 0 atom stereocenters. The van der Waals surface area contributed by atoms with Crippen LogP contribution in [0.25, 0.3) is 77.0 Å². The zero-order chi connectivity index (χ0) is 42.5. The predicted molar refractivity (Wildman–Crippen MR) is 269 cm³/mol. The Morgan fingerprint density at radius 3 is 1.70 bits per heavy atom. The van der Waals surface area contributed by atoms with Crippen molar-refractivity contribution in [3.8, 4) is 22.5 Å². The van der Waals surface area contributed by atoms with Gasteiger partial charge in [-0.2, -0.15) is 0 Å². The number of para-hydroxylation sites is 5. The van der Waals surface area contributed by atoms with Gasteiger partial charge in [0.25, 0.3) is 0 Å². The van der Waals surface area contributed by atoms with E-state index >= 15 is 0 Å². The topological polar surface area (TPSA) is 18.0 Å². The van der Waals surface area contributed by atoms with Crippen molar-refractivity contribution >= 4 is 89.5 Å². The average molecular weight is 811 g/mol. The highest BCUT2D eigenvalue weighted by Gasteiger charge is 2.47. The van der Waals surface area contributed by atoms with Gasteiger partial charge in [0.05, 0.1) is 22.2 Å². The Morgan fingerprint density at radius 2 is 1.02 bits per heavy atom. The van der Waals surface area contributed by atoms with E-state index in [-0.39, 0.29) is 17.7 Å². The molecular weight excluding hydrogens is 763 g/mol. The van der Waals surface area contributed by atoms with Crippen LogP contribution in [0.3, 0.4) is 0 Å². The molecule has 5 heterocycles. The molecule has 0 bridgehead atoms. The van der Waals surface area contributed by atoms with Crippen LogP contribution in [0.4, 0.5) is 17.1 Å². The molecule has 0 radical (unpaired) electrons. The molecule has 0 saturated carbocycles. The van der Waals surface area contributed by atoms with Gasteiger partial charge in [-0.05, 0) is 93.6 Å².